The molecule has 196 valence electrons. The maximum absolute atomic E-state index is 13.8. The smallest absolute Gasteiger partial charge is 0.273 e. The predicted molar refractivity (Wildman–Crippen MR) is 147 cm³/mol. The molecular formula is C31H33N3O4. The molecule has 4 aromatic rings. The van der Waals surface area contributed by atoms with Crippen LogP contribution in [0.5, 0.6) is 17.2 Å². The fraction of sp³-hybridized carbons (Fsp3) is 0.290. The van der Waals surface area contributed by atoms with Crippen LogP contribution in [0.3, 0.4) is 0 Å². The van der Waals surface area contributed by atoms with Crippen LogP contribution < -0.4 is 14.2 Å². The Morgan fingerprint density at radius 1 is 0.947 bits per heavy atom. The van der Waals surface area contributed by atoms with Crippen LogP contribution in [0.25, 0.3) is 11.3 Å². The molecule has 1 aliphatic rings. The van der Waals surface area contributed by atoms with Gasteiger partial charge in [-0.25, -0.2) is 0 Å². The first-order valence-corrected chi connectivity index (χ1v) is 12.9. The van der Waals surface area contributed by atoms with E-state index in [2.05, 4.69) is 24.0 Å². The molecule has 2 heterocycles. The van der Waals surface area contributed by atoms with Crippen molar-refractivity contribution in [3.8, 4) is 28.5 Å². The summed E-state index contributed by atoms with van der Waals surface area (Å²) in [6.45, 7) is 5.39. The van der Waals surface area contributed by atoms with Gasteiger partial charge in [-0.05, 0) is 47.7 Å². The number of aromatic nitrogens is 2. The van der Waals surface area contributed by atoms with E-state index in [1.54, 1.807) is 14.2 Å². The van der Waals surface area contributed by atoms with Crippen molar-refractivity contribution in [3.05, 3.63) is 95.2 Å². The van der Waals surface area contributed by atoms with Gasteiger partial charge in [0.1, 0.15) is 11.4 Å². The molecule has 7 nitrogen and oxygen atoms in total. The van der Waals surface area contributed by atoms with E-state index in [1.807, 2.05) is 77.7 Å². The lowest BCUT2D eigenvalue weighted by Crippen LogP contribution is -2.29. The van der Waals surface area contributed by atoms with E-state index < -0.39 is 0 Å². The van der Waals surface area contributed by atoms with E-state index >= 15 is 0 Å². The van der Waals surface area contributed by atoms with Gasteiger partial charge < -0.3 is 19.1 Å². The summed E-state index contributed by atoms with van der Waals surface area (Å²) in [4.78, 5) is 15.6. The van der Waals surface area contributed by atoms with Crippen LogP contribution in [0.4, 0.5) is 0 Å². The number of amides is 1. The van der Waals surface area contributed by atoms with Gasteiger partial charge in [0, 0.05) is 17.7 Å². The zero-order chi connectivity index (χ0) is 26.6. The molecule has 0 radical (unpaired) electrons. The Morgan fingerprint density at radius 2 is 1.71 bits per heavy atom. The largest absolute Gasteiger partial charge is 0.497 e. The van der Waals surface area contributed by atoms with E-state index in [-0.39, 0.29) is 11.9 Å². The number of fused-ring (bicyclic) bond motifs is 1. The van der Waals surface area contributed by atoms with Gasteiger partial charge in [0.25, 0.3) is 5.91 Å². The summed E-state index contributed by atoms with van der Waals surface area (Å²) in [7, 11) is 3.28. The van der Waals surface area contributed by atoms with Crippen molar-refractivity contribution >= 4 is 5.91 Å². The number of hydrogen-bond acceptors (Lipinski definition) is 5. The van der Waals surface area contributed by atoms with Gasteiger partial charge in [-0.2, -0.15) is 5.10 Å². The fourth-order valence-electron chi connectivity index (χ4n) is 4.83. The van der Waals surface area contributed by atoms with Crippen molar-refractivity contribution < 1.29 is 19.0 Å². The highest BCUT2D eigenvalue weighted by Gasteiger charge is 2.42. The molecule has 0 saturated carbocycles. The molecular weight excluding hydrogens is 478 g/mol. The fourth-order valence-corrected chi connectivity index (χ4v) is 4.83. The minimum atomic E-state index is -0.354. The maximum Gasteiger partial charge on any atom is 0.273 e. The lowest BCUT2D eigenvalue weighted by molar-refractivity contribution is 0.0730. The second kappa shape index (κ2) is 11.0. The number of rotatable bonds is 10. The number of ether oxygens (including phenoxy) is 3. The van der Waals surface area contributed by atoms with Gasteiger partial charge in [-0.15, -0.1) is 0 Å². The number of carbonyl (C=O) groups excluding carboxylic acids is 1. The first-order valence-electron chi connectivity index (χ1n) is 12.9. The average Bonchev–Trinajstić information content (AvgIpc) is 3.48. The molecule has 1 atom stereocenters. The first-order chi connectivity index (χ1) is 18.5. The third kappa shape index (κ3) is 4.96. The highest BCUT2D eigenvalue weighted by molar-refractivity contribution is 6.00. The van der Waals surface area contributed by atoms with Gasteiger partial charge in [-0.3, -0.25) is 9.89 Å². The topological polar surface area (TPSA) is 76.7 Å². The Hall–Kier alpha value is -4.26. The standard InChI is InChI=1S/C31H33N3O4/c1-20(2)16-17-38-25-15-12-23(18-26(25)37-4)30-27-28(22-8-6-5-7-9-22)32-33-29(27)31(35)34(30)19-21-10-13-24(36-3)14-11-21/h5-15,18,20,30H,16-17,19H2,1-4H3,(H,32,33). The van der Waals surface area contributed by atoms with Crippen molar-refractivity contribution in [1.82, 2.24) is 15.1 Å². The van der Waals surface area contributed by atoms with Crippen LogP contribution in [-0.4, -0.2) is 41.8 Å². The number of H-pyrrole nitrogens is 1. The van der Waals surface area contributed by atoms with Crippen LogP contribution in [-0.2, 0) is 6.54 Å². The highest BCUT2D eigenvalue weighted by Crippen LogP contribution is 2.45. The predicted octanol–water partition coefficient (Wildman–Crippen LogP) is 6.26. The zero-order valence-corrected chi connectivity index (χ0v) is 22.2. The molecule has 5 rings (SSSR count). The van der Waals surface area contributed by atoms with E-state index in [0.717, 1.165) is 40.1 Å². The third-order valence-corrected chi connectivity index (χ3v) is 6.88. The van der Waals surface area contributed by atoms with Crippen LogP contribution in [0.15, 0.2) is 72.8 Å². The lowest BCUT2D eigenvalue weighted by atomic mass is 9.95. The van der Waals surface area contributed by atoms with Gasteiger partial charge >= 0.3 is 0 Å². The summed E-state index contributed by atoms with van der Waals surface area (Å²) in [6, 6.07) is 23.3. The number of methoxy groups -OCH3 is 2. The molecule has 0 spiro atoms. The quantitative estimate of drug-likeness (QED) is 0.272. The molecule has 3 aromatic carbocycles. The zero-order valence-electron chi connectivity index (χ0n) is 22.2. The van der Waals surface area contributed by atoms with Crippen molar-refractivity contribution in [3.63, 3.8) is 0 Å². The summed E-state index contributed by atoms with van der Waals surface area (Å²) in [5, 5.41) is 7.60. The molecule has 0 aliphatic carbocycles. The first kappa shape index (κ1) is 25.4. The van der Waals surface area contributed by atoms with Crippen molar-refractivity contribution in [2.75, 3.05) is 20.8 Å². The van der Waals surface area contributed by atoms with Crippen molar-refractivity contribution in [2.24, 2.45) is 5.92 Å². The summed E-state index contributed by atoms with van der Waals surface area (Å²) >= 11 is 0. The Morgan fingerprint density at radius 3 is 2.39 bits per heavy atom. The van der Waals surface area contributed by atoms with Gasteiger partial charge in [-0.1, -0.05) is 62.4 Å². The number of nitrogens with zero attached hydrogens (tertiary/aromatic N) is 2. The number of benzene rings is 3. The van der Waals surface area contributed by atoms with Crippen LogP contribution >= 0.6 is 0 Å². The lowest BCUT2D eigenvalue weighted by Gasteiger charge is -2.27. The molecule has 0 bridgehead atoms. The molecule has 0 saturated heterocycles. The Labute approximate surface area is 223 Å². The SMILES string of the molecule is COc1ccc(CN2C(=O)c3[nH]nc(-c4ccccc4)c3C2c2ccc(OCCC(C)C)c(OC)c2)cc1. The molecule has 1 aliphatic heterocycles. The average molecular weight is 512 g/mol. The van der Waals surface area contributed by atoms with Crippen LogP contribution in [0.2, 0.25) is 0 Å². The highest BCUT2D eigenvalue weighted by atomic mass is 16.5. The molecule has 7 heteroatoms. The summed E-state index contributed by atoms with van der Waals surface area (Å²) in [6.07, 6.45) is 0.955. The summed E-state index contributed by atoms with van der Waals surface area (Å²) < 4.78 is 17.1. The summed E-state index contributed by atoms with van der Waals surface area (Å²) in [5.74, 6) is 2.57. The van der Waals surface area contributed by atoms with Crippen LogP contribution in [0.1, 0.15) is 53.5 Å². The van der Waals surface area contributed by atoms with E-state index in [4.69, 9.17) is 14.2 Å². The third-order valence-electron chi connectivity index (χ3n) is 6.88. The number of carbonyl (C=O) groups is 1. The number of nitrogens with one attached hydrogen (secondary N) is 1. The van der Waals surface area contributed by atoms with Gasteiger partial charge in [0.15, 0.2) is 11.5 Å². The maximum atomic E-state index is 13.8. The second-order valence-electron chi connectivity index (χ2n) is 9.85. The molecule has 38 heavy (non-hydrogen) atoms. The van der Waals surface area contributed by atoms with Crippen molar-refractivity contribution in [1.29, 1.82) is 0 Å². The second-order valence-corrected chi connectivity index (χ2v) is 9.85. The van der Waals surface area contributed by atoms with Crippen LogP contribution in [0, 0.1) is 5.92 Å². The molecule has 1 aromatic heterocycles. The number of aromatic amines is 1. The molecule has 1 N–H and O–H groups in total. The molecule has 1 amide bonds. The monoisotopic (exact) mass is 511 g/mol. The Kier molecular flexibility index (Phi) is 7.36. The van der Waals surface area contributed by atoms with Gasteiger partial charge in [0.05, 0.1) is 32.6 Å². The number of hydrogen-bond donors (Lipinski definition) is 1. The summed E-state index contributed by atoms with van der Waals surface area (Å²) in [5.41, 5.74) is 5.03. The van der Waals surface area contributed by atoms with Crippen molar-refractivity contribution in [2.45, 2.75) is 32.9 Å². The Bertz CT molecular complexity index is 1400. The normalized spacial score (nSPS) is 14.6. The minimum absolute atomic E-state index is 0.0910. The van der Waals surface area contributed by atoms with Gasteiger partial charge in [0.2, 0.25) is 0 Å². The molecule has 0 fully saturated rings. The van der Waals surface area contributed by atoms with E-state index in [0.29, 0.717) is 36.3 Å². The van der Waals surface area contributed by atoms with E-state index in [1.165, 1.54) is 0 Å². The van der Waals surface area contributed by atoms with E-state index in [9.17, 15) is 4.79 Å². The molecule has 1 unspecified atom stereocenters. The minimum Gasteiger partial charge on any atom is -0.497 e. The Balaban J connectivity index is 1.56.